The zero-order valence-corrected chi connectivity index (χ0v) is 13.8. The first-order valence-corrected chi connectivity index (χ1v) is 7.93. The number of nitrogens with one attached hydrogen (secondary N) is 1. The Labute approximate surface area is 143 Å². The Kier molecular flexibility index (Phi) is 4.22. The quantitative estimate of drug-likeness (QED) is 0.666. The standard InChI is InChI=1S/C16H11F3INO2/c17-11-5-8(20)3-4-12(11)21-15-10(16(22)23)6-9(7-1-2-7)13(18)14(15)19/h3-7,21H,1-2H2,(H,22,23). The Morgan fingerprint density at radius 2 is 1.87 bits per heavy atom. The van der Waals surface area contributed by atoms with Crippen LogP contribution in [0.25, 0.3) is 0 Å². The fraction of sp³-hybridized carbons (Fsp3) is 0.188. The van der Waals surface area contributed by atoms with Gasteiger partial charge in [-0.1, -0.05) is 0 Å². The summed E-state index contributed by atoms with van der Waals surface area (Å²) >= 11 is 1.90. The molecule has 0 amide bonds. The van der Waals surface area contributed by atoms with Crippen LogP contribution in [-0.2, 0) is 0 Å². The van der Waals surface area contributed by atoms with Crippen molar-refractivity contribution in [3.63, 3.8) is 0 Å². The van der Waals surface area contributed by atoms with Crippen LogP contribution in [0, 0.1) is 21.0 Å². The first-order valence-electron chi connectivity index (χ1n) is 6.85. The van der Waals surface area contributed by atoms with E-state index in [0.29, 0.717) is 16.4 Å². The van der Waals surface area contributed by atoms with E-state index in [2.05, 4.69) is 5.32 Å². The number of benzene rings is 2. The van der Waals surface area contributed by atoms with Gasteiger partial charge in [-0.2, -0.15) is 0 Å². The molecule has 1 saturated carbocycles. The summed E-state index contributed by atoms with van der Waals surface area (Å²) in [5, 5.41) is 11.6. The number of anilines is 2. The van der Waals surface area contributed by atoms with Crippen molar-refractivity contribution in [3.05, 3.63) is 56.4 Å². The number of carboxylic acids is 1. The molecule has 0 atom stereocenters. The largest absolute Gasteiger partial charge is 0.478 e. The van der Waals surface area contributed by atoms with Gasteiger partial charge >= 0.3 is 5.97 Å². The van der Waals surface area contributed by atoms with Gasteiger partial charge in [0.2, 0.25) is 0 Å². The van der Waals surface area contributed by atoms with E-state index in [1.165, 1.54) is 12.1 Å². The SMILES string of the molecule is O=C(O)c1cc(C2CC2)c(F)c(F)c1Nc1ccc(I)cc1F. The lowest BCUT2D eigenvalue weighted by Gasteiger charge is -2.14. The van der Waals surface area contributed by atoms with E-state index >= 15 is 0 Å². The molecular formula is C16H11F3INO2. The molecule has 23 heavy (non-hydrogen) atoms. The van der Waals surface area contributed by atoms with Crippen LogP contribution in [0.5, 0.6) is 0 Å². The Morgan fingerprint density at radius 3 is 2.43 bits per heavy atom. The minimum absolute atomic E-state index is 0.0635. The van der Waals surface area contributed by atoms with Crippen molar-refractivity contribution in [2.24, 2.45) is 0 Å². The Hall–Kier alpha value is -1.77. The molecule has 1 aliphatic rings. The third kappa shape index (κ3) is 3.15. The van der Waals surface area contributed by atoms with E-state index in [9.17, 15) is 23.1 Å². The molecule has 2 N–H and O–H groups in total. The molecule has 0 unspecified atom stereocenters. The number of halogens is 4. The van der Waals surface area contributed by atoms with Crippen LogP contribution in [0.15, 0.2) is 24.3 Å². The van der Waals surface area contributed by atoms with Crippen LogP contribution in [0.4, 0.5) is 24.5 Å². The van der Waals surface area contributed by atoms with Crippen molar-refractivity contribution in [2.45, 2.75) is 18.8 Å². The highest BCUT2D eigenvalue weighted by Crippen LogP contribution is 2.44. The van der Waals surface area contributed by atoms with Gasteiger partial charge in [-0.15, -0.1) is 0 Å². The summed E-state index contributed by atoms with van der Waals surface area (Å²) in [7, 11) is 0. The molecule has 0 aromatic heterocycles. The summed E-state index contributed by atoms with van der Waals surface area (Å²) < 4.78 is 43.0. The van der Waals surface area contributed by atoms with Crippen molar-refractivity contribution in [2.75, 3.05) is 5.32 Å². The summed E-state index contributed by atoms with van der Waals surface area (Å²) in [6, 6.07) is 5.25. The van der Waals surface area contributed by atoms with Gasteiger partial charge in [0, 0.05) is 3.57 Å². The fourth-order valence-corrected chi connectivity index (χ4v) is 2.81. The second-order valence-electron chi connectivity index (χ2n) is 5.34. The molecule has 0 heterocycles. The average Bonchev–Trinajstić information content (AvgIpc) is 3.31. The van der Waals surface area contributed by atoms with Crippen molar-refractivity contribution in [1.29, 1.82) is 0 Å². The number of rotatable bonds is 4. The van der Waals surface area contributed by atoms with Gasteiger partial charge in [-0.3, -0.25) is 0 Å². The summed E-state index contributed by atoms with van der Waals surface area (Å²) in [6.07, 6.45) is 1.40. The molecule has 0 bridgehead atoms. The van der Waals surface area contributed by atoms with Crippen molar-refractivity contribution in [1.82, 2.24) is 0 Å². The molecule has 7 heteroatoms. The predicted octanol–water partition coefficient (Wildman–Crippen LogP) is 5.03. The van der Waals surface area contributed by atoms with Crippen LogP contribution >= 0.6 is 22.6 Å². The van der Waals surface area contributed by atoms with Gasteiger partial charge in [-0.25, -0.2) is 18.0 Å². The molecule has 0 saturated heterocycles. The molecule has 2 aromatic carbocycles. The van der Waals surface area contributed by atoms with Gasteiger partial charge in [0.15, 0.2) is 11.6 Å². The van der Waals surface area contributed by atoms with E-state index in [1.54, 1.807) is 6.07 Å². The third-order valence-corrected chi connectivity index (χ3v) is 4.34. The van der Waals surface area contributed by atoms with Gasteiger partial charge in [-0.05, 0) is 71.2 Å². The maximum Gasteiger partial charge on any atom is 0.337 e. The Balaban J connectivity index is 2.10. The normalized spacial score (nSPS) is 13.9. The van der Waals surface area contributed by atoms with E-state index in [1.807, 2.05) is 22.6 Å². The second kappa shape index (κ2) is 6.03. The highest BCUT2D eigenvalue weighted by molar-refractivity contribution is 14.1. The number of hydrogen-bond donors (Lipinski definition) is 2. The number of carboxylic acid groups (broad SMARTS) is 1. The molecule has 120 valence electrons. The molecule has 3 rings (SSSR count). The number of hydrogen-bond acceptors (Lipinski definition) is 2. The zero-order valence-electron chi connectivity index (χ0n) is 11.7. The fourth-order valence-electron chi connectivity index (χ4n) is 2.35. The maximum atomic E-state index is 14.3. The smallest absolute Gasteiger partial charge is 0.337 e. The van der Waals surface area contributed by atoms with E-state index in [0.717, 1.165) is 6.07 Å². The van der Waals surface area contributed by atoms with Crippen LogP contribution in [-0.4, -0.2) is 11.1 Å². The second-order valence-corrected chi connectivity index (χ2v) is 6.59. The van der Waals surface area contributed by atoms with Crippen LogP contribution in [0.1, 0.15) is 34.7 Å². The first-order chi connectivity index (χ1) is 10.9. The average molecular weight is 433 g/mol. The van der Waals surface area contributed by atoms with Crippen LogP contribution < -0.4 is 5.32 Å². The topological polar surface area (TPSA) is 49.3 Å². The molecule has 1 aliphatic carbocycles. The highest BCUT2D eigenvalue weighted by atomic mass is 127. The predicted molar refractivity (Wildman–Crippen MR) is 87.7 cm³/mol. The van der Waals surface area contributed by atoms with Crippen molar-refractivity contribution in [3.8, 4) is 0 Å². The summed E-state index contributed by atoms with van der Waals surface area (Å²) in [5.41, 5.74) is -1.04. The molecule has 1 fully saturated rings. The van der Waals surface area contributed by atoms with Gasteiger partial charge in [0.25, 0.3) is 0 Å². The van der Waals surface area contributed by atoms with E-state index < -0.39 is 34.7 Å². The Bertz CT molecular complexity index is 806. The maximum absolute atomic E-state index is 14.3. The monoisotopic (exact) mass is 433 g/mol. The molecular weight excluding hydrogens is 422 g/mol. The van der Waals surface area contributed by atoms with Gasteiger partial charge in [0.05, 0.1) is 16.9 Å². The molecule has 0 aliphatic heterocycles. The number of carbonyl (C=O) groups is 1. The minimum Gasteiger partial charge on any atom is -0.478 e. The van der Waals surface area contributed by atoms with Crippen LogP contribution in [0.2, 0.25) is 0 Å². The zero-order chi connectivity index (χ0) is 16.7. The summed E-state index contributed by atoms with van der Waals surface area (Å²) in [4.78, 5) is 11.4. The Morgan fingerprint density at radius 1 is 1.17 bits per heavy atom. The molecule has 2 aromatic rings. The molecule has 0 radical (unpaired) electrons. The lowest BCUT2D eigenvalue weighted by molar-refractivity contribution is 0.0697. The summed E-state index contributed by atoms with van der Waals surface area (Å²) in [5.74, 6) is -4.61. The molecule has 0 spiro atoms. The number of aromatic carboxylic acids is 1. The van der Waals surface area contributed by atoms with Gasteiger partial charge < -0.3 is 10.4 Å². The minimum atomic E-state index is -1.40. The molecule has 3 nitrogen and oxygen atoms in total. The highest BCUT2D eigenvalue weighted by Gasteiger charge is 2.32. The van der Waals surface area contributed by atoms with Crippen molar-refractivity contribution >= 4 is 39.9 Å². The van der Waals surface area contributed by atoms with E-state index in [4.69, 9.17) is 0 Å². The van der Waals surface area contributed by atoms with E-state index in [-0.39, 0.29) is 17.2 Å². The lowest BCUT2D eigenvalue weighted by atomic mass is 10.0. The van der Waals surface area contributed by atoms with Crippen LogP contribution in [0.3, 0.4) is 0 Å². The van der Waals surface area contributed by atoms with Gasteiger partial charge in [0.1, 0.15) is 5.82 Å². The first kappa shape index (κ1) is 16.1. The lowest BCUT2D eigenvalue weighted by Crippen LogP contribution is -2.10. The summed E-state index contributed by atoms with van der Waals surface area (Å²) in [6.45, 7) is 0. The van der Waals surface area contributed by atoms with Crippen molar-refractivity contribution < 1.29 is 23.1 Å². The third-order valence-electron chi connectivity index (χ3n) is 3.67.